The maximum atomic E-state index is 12.3. The van der Waals surface area contributed by atoms with Crippen LogP contribution in [0.15, 0.2) is 48.5 Å². The predicted octanol–water partition coefficient (Wildman–Crippen LogP) is 4.38. The highest BCUT2D eigenvalue weighted by Gasteiger charge is 2.24. The molecule has 1 unspecified atom stereocenters. The van der Waals surface area contributed by atoms with Gasteiger partial charge in [-0.25, -0.2) is 0 Å². The van der Waals surface area contributed by atoms with Gasteiger partial charge in [-0.1, -0.05) is 56.3 Å². The number of amides is 2. The molecule has 3 rings (SSSR count). The first kappa shape index (κ1) is 20.1. The van der Waals surface area contributed by atoms with Gasteiger partial charge in [0.2, 0.25) is 11.8 Å². The molecule has 1 atom stereocenters. The summed E-state index contributed by atoms with van der Waals surface area (Å²) in [6.45, 7) is 6.52. The van der Waals surface area contributed by atoms with Crippen molar-refractivity contribution in [3.8, 4) is 0 Å². The molecule has 0 radical (unpaired) electrons. The van der Waals surface area contributed by atoms with Crippen molar-refractivity contribution < 1.29 is 9.59 Å². The summed E-state index contributed by atoms with van der Waals surface area (Å²) in [5.41, 5.74) is 4.47. The summed E-state index contributed by atoms with van der Waals surface area (Å²) < 4.78 is 0. The number of fused-ring (bicyclic) bond motifs is 1. The molecule has 0 fully saturated rings. The second kappa shape index (κ2) is 8.59. The number of aryl methyl sites for hydroxylation is 1. The van der Waals surface area contributed by atoms with Crippen LogP contribution in [0.4, 0.5) is 5.69 Å². The topological polar surface area (TPSA) is 58.2 Å². The van der Waals surface area contributed by atoms with Crippen LogP contribution in [0.2, 0.25) is 0 Å². The first-order valence-corrected chi connectivity index (χ1v) is 10.1. The third-order valence-electron chi connectivity index (χ3n) is 5.44. The molecule has 4 nitrogen and oxygen atoms in total. The van der Waals surface area contributed by atoms with Gasteiger partial charge in [0.1, 0.15) is 0 Å². The van der Waals surface area contributed by atoms with Gasteiger partial charge in [0.25, 0.3) is 0 Å². The van der Waals surface area contributed by atoms with Crippen molar-refractivity contribution in [2.45, 2.75) is 64.3 Å². The van der Waals surface area contributed by atoms with E-state index in [4.69, 9.17) is 0 Å². The summed E-state index contributed by atoms with van der Waals surface area (Å²) in [6, 6.07) is 16.6. The van der Waals surface area contributed by atoms with Crippen LogP contribution in [0.3, 0.4) is 0 Å². The molecule has 4 heteroatoms. The minimum Gasteiger partial charge on any atom is -0.354 e. The third kappa shape index (κ3) is 5.22. The number of nitrogens with one attached hydrogen (secondary N) is 2. The van der Waals surface area contributed by atoms with Crippen LogP contribution in [-0.2, 0) is 27.8 Å². The Labute approximate surface area is 167 Å². The Balaban J connectivity index is 1.43. The normalized spacial score (nSPS) is 14.3. The van der Waals surface area contributed by atoms with Crippen molar-refractivity contribution in [1.82, 2.24) is 5.32 Å². The van der Waals surface area contributed by atoms with Crippen molar-refractivity contribution in [3.63, 3.8) is 0 Å². The second-order valence-corrected chi connectivity index (χ2v) is 8.49. The summed E-state index contributed by atoms with van der Waals surface area (Å²) in [5.74, 6) is 0.160. The molecule has 1 aliphatic heterocycles. The van der Waals surface area contributed by atoms with E-state index in [1.165, 1.54) is 11.1 Å². The average molecular weight is 379 g/mol. The Bertz CT molecular complexity index is 843. The Morgan fingerprint density at radius 3 is 2.68 bits per heavy atom. The number of carbonyl (C=O) groups excluding carboxylic acids is 2. The molecular weight excluding hydrogens is 348 g/mol. The van der Waals surface area contributed by atoms with E-state index in [0.29, 0.717) is 12.8 Å². The summed E-state index contributed by atoms with van der Waals surface area (Å²) in [6.07, 6.45) is 3.52. The van der Waals surface area contributed by atoms with Crippen LogP contribution in [0.25, 0.3) is 0 Å². The fourth-order valence-electron chi connectivity index (χ4n) is 4.06. The van der Waals surface area contributed by atoms with Gasteiger partial charge < -0.3 is 10.6 Å². The molecule has 0 saturated heterocycles. The van der Waals surface area contributed by atoms with E-state index in [2.05, 4.69) is 61.7 Å². The fraction of sp³-hybridized carbons (Fsp3) is 0.417. The van der Waals surface area contributed by atoms with E-state index in [1.54, 1.807) is 0 Å². The van der Waals surface area contributed by atoms with Crippen LogP contribution in [0.1, 0.15) is 56.7 Å². The Morgan fingerprint density at radius 2 is 1.93 bits per heavy atom. The first-order valence-electron chi connectivity index (χ1n) is 10.1. The van der Waals surface area contributed by atoms with Crippen LogP contribution in [0.5, 0.6) is 0 Å². The van der Waals surface area contributed by atoms with Gasteiger partial charge in [0.15, 0.2) is 0 Å². The quantitative estimate of drug-likeness (QED) is 0.716. The Morgan fingerprint density at radius 1 is 1.18 bits per heavy atom. The van der Waals surface area contributed by atoms with E-state index in [0.717, 1.165) is 30.5 Å². The van der Waals surface area contributed by atoms with Gasteiger partial charge in [-0.2, -0.15) is 0 Å². The second-order valence-electron chi connectivity index (χ2n) is 8.49. The lowest BCUT2D eigenvalue weighted by molar-refractivity contribution is -0.122. The molecule has 0 bridgehead atoms. The molecule has 28 heavy (non-hydrogen) atoms. The highest BCUT2D eigenvalue weighted by molar-refractivity contribution is 5.99. The van der Waals surface area contributed by atoms with E-state index < -0.39 is 0 Å². The van der Waals surface area contributed by atoms with E-state index in [1.807, 2.05) is 18.2 Å². The van der Waals surface area contributed by atoms with E-state index in [-0.39, 0.29) is 23.3 Å². The molecular formula is C24H30N2O2. The fourth-order valence-corrected chi connectivity index (χ4v) is 4.06. The van der Waals surface area contributed by atoms with Gasteiger partial charge in [-0.05, 0) is 54.4 Å². The molecule has 2 amide bonds. The van der Waals surface area contributed by atoms with Gasteiger partial charge in [0.05, 0.1) is 6.42 Å². The van der Waals surface area contributed by atoms with Crippen molar-refractivity contribution in [2.24, 2.45) is 0 Å². The van der Waals surface area contributed by atoms with Gasteiger partial charge in [-0.3, -0.25) is 9.59 Å². The number of carbonyl (C=O) groups is 2. The summed E-state index contributed by atoms with van der Waals surface area (Å²) in [4.78, 5) is 23.8. The highest BCUT2D eigenvalue weighted by Crippen LogP contribution is 2.28. The lowest BCUT2D eigenvalue weighted by atomic mass is 9.79. The van der Waals surface area contributed by atoms with E-state index >= 15 is 0 Å². The molecule has 0 aliphatic carbocycles. The van der Waals surface area contributed by atoms with Crippen LogP contribution in [0, 0.1) is 0 Å². The SMILES string of the molecule is CC(CC(C)(C)c1ccccc1)NC(=O)CCCc1ccc2c(c1)CC(=O)N2. The Kier molecular flexibility index (Phi) is 6.18. The molecule has 1 aliphatic rings. The van der Waals surface area contributed by atoms with Crippen LogP contribution < -0.4 is 10.6 Å². The van der Waals surface area contributed by atoms with Crippen molar-refractivity contribution in [1.29, 1.82) is 0 Å². The third-order valence-corrected chi connectivity index (χ3v) is 5.44. The number of hydrogen-bond acceptors (Lipinski definition) is 2. The average Bonchev–Trinajstić information content (AvgIpc) is 3.01. The molecule has 2 aromatic carbocycles. The Hall–Kier alpha value is -2.62. The zero-order valence-corrected chi connectivity index (χ0v) is 17.0. The summed E-state index contributed by atoms with van der Waals surface area (Å²) in [5, 5.41) is 5.99. The smallest absolute Gasteiger partial charge is 0.228 e. The summed E-state index contributed by atoms with van der Waals surface area (Å²) >= 11 is 0. The molecule has 0 saturated carbocycles. The molecule has 0 aromatic heterocycles. The highest BCUT2D eigenvalue weighted by atomic mass is 16.2. The molecule has 0 spiro atoms. The van der Waals surface area contributed by atoms with Crippen LogP contribution in [-0.4, -0.2) is 17.9 Å². The molecule has 2 N–H and O–H groups in total. The van der Waals surface area contributed by atoms with Gasteiger partial charge in [0, 0.05) is 18.2 Å². The first-order chi connectivity index (χ1) is 13.3. The molecule has 148 valence electrons. The van der Waals surface area contributed by atoms with Crippen molar-refractivity contribution in [2.75, 3.05) is 5.32 Å². The zero-order chi connectivity index (χ0) is 20.1. The largest absolute Gasteiger partial charge is 0.354 e. The number of hydrogen-bond donors (Lipinski definition) is 2. The lowest BCUT2D eigenvalue weighted by Crippen LogP contribution is -2.37. The number of anilines is 1. The predicted molar refractivity (Wildman–Crippen MR) is 113 cm³/mol. The minimum absolute atomic E-state index is 0.0177. The number of benzene rings is 2. The van der Waals surface area contributed by atoms with Gasteiger partial charge >= 0.3 is 0 Å². The summed E-state index contributed by atoms with van der Waals surface area (Å²) in [7, 11) is 0. The molecule has 1 heterocycles. The van der Waals surface area contributed by atoms with Crippen LogP contribution >= 0.6 is 0 Å². The van der Waals surface area contributed by atoms with Crippen molar-refractivity contribution in [3.05, 3.63) is 65.2 Å². The van der Waals surface area contributed by atoms with Gasteiger partial charge in [-0.15, -0.1) is 0 Å². The number of rotatable bonds is 8. The maximum Gasteiger partial charge on any atom is 0.228 e. The maximum absolute atomic E-state index is 12.3. The van der Waals surface area contributed by atoms with Crippen molar-refractivity contribution >= 4 is 17.5 Å². The monoisotopic (exact) mass is 378 g/mol. The zero-order valence-electron chi connectivity index (χ0n) is 17.0. The minimum atomic E-state index is 0.0177. The standard InChI is InChI=1S/C24H30N2O2/c1-17(16-24(2,3)20-9-5-4-6-10-20)25-22(27)11-7-8-18-12-13-21-19(14-18)15-23(28)26-21/h4-6,9-10,12-14,17H,7-8,11,15-16H2,1-3H3,(H,25,27)(H,26,28). The lowest BCUT2D eigenvalue weighted by Gasteiger charge is -2.29. The van der Waals surface area contributed by atoms with E-state index in [9.17, 15) is 9.59 Å². The molecule has 2 aromatic rings.